The molecule has 0 spiro atoms. The molecule has 1 aromatic heterocycles. The second-order valence-corrected chi connectivity index (χ2v) is 3.47. The molecule has 15 heavy (non-hydrogen) atoms. The van der Waals surface area contributed by atoms with E-state index in [1.165, 1.54) is 4.90 Å². The van der Waals surface area contributed by atoms with Crippen LogP contribution in [0.25, 0.3) is 0 Å². The third kappa shape index (κ3) is 1.74. The SMILES string of the molecule is N#Cc1cc(C2CN(C(=O)O)C2)ccn1. The van der Waals surface area contributed by atoms with Gasteiger partial charge in [-0.3, -0.25) is 0 Å². The van der Waals surface area contributed by atoms with Crippen LogP contribution in [0.15, 0.2) is 18.3 Å². The van der Waals surface area contributed by atoms with Crippen LogP contribution in [-0.4, -0.2) is 34.2 Å². The Hall–Kier alpha value is -2.09. The van der Waals surface area contributed by atoms with E-state index >= 15 is 0 Å². The molecule has 76 valence electrons. The quantitative estimate of drug-likeness (QED) is 0.739. The summed E-state index contributed by atoms with van der Waals surface area (Å²) in [5.74, 6) is 0.205. The van der Waals surface area contributed by atoms with Gasteiger partial charge in [0.1, 0.15) is 11.8 Å². The van der Waals surface area contributed by atoms with Gasteiger partial charge in [0.05, 0.1) is 0 Å². The topological polar surface area (TPSA) is 77.2 Å². The van der Waals surface area contributed by atoms with Gasteiger partial charge < -0.3 is 10.0 Å². The first-order chi connectivity index (χ1) is 7.20. The molecule has 0 saturated carbocycles. The van der Waals surface area contributed by atoms with Gasteiger partial charge in [0.15, 0.2) is 0 Å². The van der Waals surface area contributed by atoms with Gasteiger partial charge in [-0.15, -0.1) is 0 Å². The Balaban J connectivity index is 2.07. The number of carboxylic acid groups (broad SMARTS) is 1. The van der Waals surface area contributed by atoms with Crippen LogP contribution in [0.5, 0.6) is 0 Å². The highest BCUT2D eigenvalue weighted by atomic mass is 16.4. The van der Waals surface area contributed by atoms with Crippen molar-refractivity contribution < 1.29 is 9.90 Å². The summed E-state index contributed by atoms with van der Waals surface area (Å²) in [6.45, 7) is 1.01. The van der Waals surface area contributed by atoms with Gasteiger partial charge in [0.25, 0.3) is 0 Å². The van der Waals surface area contributed by atoms with Crippen LogP contribution in [-0.2, 0) is 0 Å². The number of amides is 1. The number of nitriles is 1. The lowest BCUT2D eigenvalue weighted by Gasteiger charge is -2.37. The molecule has 1 fully saturated rings. The van der Waals surface area contributed by atoms with E-state index in [1.54, 1.807) is 12.3 Å². The monoisotopic (exact) mass is 203 g/mol. The van der Waals surface area contributed by atoms with Crippen molar-refractivity contribution in [3.8, 4) is 6.07 Å². The lowest BCUT2D eigenvalue weighted by atomic mass is 9.92. The number of pyridine rings is 1. The van der Waals surface area contributed by atoms with Crippen molar-refractivity contribution in [3.05, 3.63) is 29.6 Å². The van der Waals surface area contributed by atoms with E-state index < -0.39 is 6.09 Å². The van der Waals surface area contributed by atoms with Crippen molar-refractivity contribution in [1.29, 1.82) is 5.26 Å². The van der Waals surface area contributed by atoms with Gasteiger partial charge in [-0.1, -0.05) is 0 Å². The predicted molar refractivity (Wildman–Crippen MR) is 51.3 cm³/mol. The van der Waals surface area contributed by atoms with Crippen LogP contribution in [0, 0.1) is 11.3 Å². The highest BCUT2D eigenvalue weighted by Gasteiger charge is 2.31. The molecule has 0 aliphatic carbocycles. The average molecular weight is 203 g/mol. The Kier molecular flexibility index (Phi) is 2.26. The Morgan fingerprint density at radius 1 is 1.67 bits per heavy atom. The number of carbonyl (C=O) groups is 1. The molecule has 2 rings (SSSR count). The average Bonchev–Trinajstić information content (AvgIpc) is 2.15. The molecule has 0 bridgehead atoms. The molecule has 1 saturated heterocycles. The first-order valence-corrected chi connectivity index (χ1v) is 4.54. The standard InChI is InChI=1S/C10H9N3O2/c11-4-9-3-7(1-2-12-9)8-5-13(6-8)10(14)15/h1-3,8H,5-6H2,(H,14,15). The molecular formula is C10H9N3O2. The fourth-order valence-corrected chi connectivity index (χ4v) is 1.61. The van der Waals surface area contributed by atoms with Crippen molar-refractivity contribution in [1.82, 2.24) is 9.88 Å². The fourth-order valence-electron chi connectivity index (χ4n) is 1.61. The van der Waals surface area contributed by atoms with Crippen LogP contribution in [0.1, 0.15) is 17.2 Å². The number of rotatable bonds is 1. The van der Waals surface area contributed by atoms with Gasteiger partial charge in [-0.2, -0.15) is 5.26 Å². The van der Waals surface area contributed by atoms with Crippen LogP contribution < -0.4 is 0 Å². The number of hydrogen-bond acceptors (Lipinski definition) is 3. The summed E-state index contributed by atoms with van der Waals surface area (Å²) in [7, 11) is 0. The first-order valence-electron chi connectivity index (χ1n) is 4.54. The molecule has 1 amide bonds. The smallest absolute Gasteiger partial charge is 0.407 e. The minimum atomic E-state index is -0.888. The molecule has 1 N–H and O–H groups in total. The highest BCUT2D eigenvalue weighted by molar-refractivity contribution is 5.66. The van der Waals surface area contributed by atoms with E-state index in [-0.39, 0.29) is 5.92 Å². The number of aromatic nitrogens is 1. The van der Waals surface area contributed by atoms with Crippen molar-refractivity contribution in [2.45, 2.75) is 5.92 Å². The van der Waals surface area contributed by atoms with Gasteiger partial charge >= 0.3 is 6.09 Å². The van der Waals surface area contributed by atoms with Gasteiger partial charge in [0, 0.05) is 25.2 Å². The third-order valence-electron chi connectivity index (χ3n) is 2.52. The maximum atomic E-state index is 10.5. The number of nitrogens with zero attached hydrogens (tertiary/aromatic N) is 3. The van der Waals surface area contributed by atoms with E-state index in [0.29, 0.717) is 18.8 Å². The largest absolute Gasteiger partial charge is 0.465 e. The van der Waals surface area contributed by atoms with E-state index in [9.17, 15) is 4.79 Å². The Bertz CT molecular complexity index is 433. The van der Waals surface area contributed by atoms with Crippen LogP contribution in [0.3, 0.4) is 0 Å². The molecule has 5 heteroatoms. The molecule has 0 atom stereocenters. The van der Waals surface area contributed by atoms with Crippen LogP contribution in [0.2, 0.25) is 0 Å². The van der Waals surface area contributed by atoms with Gasteiger partial charge in [-0.25, -0.2) is 9.78 Å². The van der Waals surface area contributed by atoms with Crippen LogP contribution >= 0.6 is 0 Å². The summed E-state index contributed by atoms with van der Waals surface area (Å²) < 4.78 is 0. The molecule has 1 aromatic rings. The number of hydrogen-bond donors (Lipinski definition) is 1. The summed E-state index contributed by atoms with van der Waals surface area (Å²) in [6, 6.07) is 5.50. The Morgan fingerprint density at radius 3 is 3.00 bits per heavy atom. The minimum Gasteiger partial charge on any atom is -0.465 e. The zero-order chi connectivity index (χ0) is 10.8. The third-order valence-corrected chi connectivity index (χ3v) is 2.52. The molecule has 5 nitrogen and oxygen atoms in total. The molecular weight excluding hydrogens is 194 g/mol. The van der Waals surface area contributed by atoms with Crippen molar-refractivity contribution in [2.75, 3.05) is 13.1 Å². The van der Waals surface area contributed by atoms with Gasteiger partial charge in [-0.05, 0) is 17.7 Å². The number of likely N-dealkylation sites (tertiary alicyclic amines) is 1. The summed E-state index contributed by atoms with van der Waals surface area (Å²) in [4.78, 5) is 15.7. The summed E-state index contributed by atoms with van der Waals surface area (Å²) in [5.41, 5.74) is 1.36. The summed E-state index contributed by atoms with van der Waals surface area (Å²) in [5, 5.41) is 17.3. The van der Waals surface area contributed by atoms with Crippen molar-refractivity contribution >= 4 is 6.09 Å². The maximum absolute atomic E-state index is 10.5. The Morgan fingerprint density at radius 2 is 2.40 bits per heavy atom. The molecule has 1 aliphatic heterocycles. The van der Waals surface area contributed by atoms with E-state index in [1.807, 2.05) is 12.1 Å². The van der Waals surface area contributed by atoms with E-state index in [4.69, 9.17) is 10.4 Å². The molecule has 1 aliphatic rings. The van der Waals surface area contributed by atoms with E-state index in [0.717, 1.165) is 5.56 Å². The Labute approximate surface area is 86.6 Å². The fraction of sp³-hybridized carbons (Fsp3) is 0.300. The summed E-state index contributed by atoms with van der Waals surface area (Å²) in [6.07, 6.45) is 0.693. The van der Waals surface area contributed by atoms with E-state index in [2.05, 4.69) is 4.98 Å². The molecule has 0 unspecified atom stereocenters. The molecule has 0 aromatic carbocycles. The first kappa shape index (κ1) is 9.46. The lowest BCUT2D eigenvalue weighted by molar-refractivity contribution is 0.105. The van der Waals surface area contributed by atoms with Crippen molar-refractivity contribution in [3.63, 3.8) is 0 Å². The zero-order valence-electron chi connectivity index (χ0n) is 7.92. The van der Waals surface area contributed by atoms with Crippen molar-refractivity contribution in [2.24, 2.45) is 0 Å². The second-order valence-electron chi connectivity index (χ2n) is 3.47. The lowest BCUT2D eigenvalue weighted by Crippen LogP contribution is -2.47. The normalized spacial score (nSPS) is 15.5. The molecule has 0 radical (unpaired) electrons. The van der Waals surface area contributed by atoms with Crippen LogP contribution in [0.4, 0.5) is 4.79 Å². The minimum absolute atomic E-state index is 0.205. The van der Waals surface area contributed by atoms with Gasteiger partial charge in [0.2, 0.25) is 0 Å². The highest BCUT2D eigenvalue weighted by Crippen LogP contribution is 2.26. The predicted octanol–water partition coefficient (Wildman–Crippen LogP) is 1.03. The maximum Gasteiger partial charge on any atom is 0.407 e. The summed E-state index contributed by atoms with van der Waals surface area (Å²) >= 11 is 0. The second kappa shape index (κ2) is 3.58. The zero-order valence-corrected chi connectivity index (χ0v) is 7.92. The molecule has 2 heterocycles.